The molecule has 0 aromatic carbocycles. The van der Waals surface area contributed by atoms with Gasteiger partial charge in [-0.15, -0.1) is 0 Å². The zero-order chi connectivity index (χ0) is 14.3. The lowest BCUT2D eigenvalue weighted by atomic mass is 9.85. The van der Waals surface area contributed by atoms with Crippen LogP contribution in [-0.2, 0) is 9.53 Å². The average Bonchev–Trinajstić information content (AvgIpc) is 2.45. The molecule has 0 radical (unpaired) electrons. The first kappa shape index (κ1) is 16.4. The van der Waals surface area contributed by atoms with Crippen molar-refractivity contribution in [3.8, 4) is 0 Å². The van der Waals surface area contributed by atoms with Crippen molar-refractivity contribution in [2.45, 2.75) is 70.9 Å². The maximum absolute atomic E-state index is 11.8. The molecule has 2 unspecified atom stereocenters. The Bertz CT molecular complexity index is 277. The van der Waals surface area contributed by atoms with Gasteiger partial charge in [-0.1, -0.05) is 20.3 Å². The van der Waals surface area contributed by atoms with Gasteiger partial charge in [0.15, 0.2) is 0 Å². The predicted octanol–water partition coefficient (Wildman–Crippen LogP) is 2.25. The number of hydrogen-bond donors (Lipinski definition) is 2. The molecule has 2 atom stereocenters. The van der Waals surface area contributed by atoms with Crippen LogP contribution in [0.5, 0.6) is 0 Å². The van der Waals surface area contributed by atoms with Gasteiger partial charge in [0.2, 0.25) is 0 Å². The first-order valence-electron chi connectivity index (χ1n) is 7.67. The van der Waals surface area contributed by atoms with Crippen molar-refractivity contribution < 1.29 is 14.6 Å². The summed E-state index contributed by atoms with van der Waals surface area (Å²) in [5.41, 5.74) is -0.614. The molecule has 0 amide bonds. The minimum Gasteiger partial charge on any atom is -0.466 e. The van der Waals surface area contributed by atoms with Crippen LogP contribution in [0.4, 0.5) is 0 Å². The van der Waals surface area contributed by atoms with Gasteiger partial charge in [0, 0.05) is 12.6 Å². The van der Waals surface area contributed by atoms with Crippen LogP contribution in [0.25, 0.3) is 0 Å². The first-order valence-corrected chi connectivity index (χ1v) is 7.67. The summed E-state index contributed by atoms with van der Waals surface area (Å²) < 4.78 is 5.10. The number of esters is 1. The molecule has 0 heterocycles. The van der Waals surface area contributed by atoms with Crippen molar-refractivity contribution >= 4 is 5.97 Å². The van der Waals surface area contributed by atoms with Crippen molar-refractivity contribution in [2.75, 3.05) is 13.2 Å². The summed E-state index contributed by atoms with van der Waals surface area (Å²) in [6.07, 6.45) is 5.41. The Morgan fingerprint density at radius 1 is 1.32 bits per heavy atom. The van der Waals surface area contributed by atoms with Crippen LogP contribution < -0.4 is 5.32 Å². The second-order valence-corrected chi connectivity index (χ2v) is 5.62. The lowest BCUT2D eigenvalue weighted by Crippen LogP contribution is -2.46. The van der Waals surface area contributed by atoms with E-state index in [4.69, 9.17) is 4.74 Å². The molecule has 19 heavy (non-hydrogen) atoms. The topological polar surface area (TPSA) is 58.6 Å². The molecule has 1 aliphatic rings. The second kappa shape index (κ2) is 7.85. The molecule has 0 aliphatic heterocycles. The van der Waals surface area contributed by atoms with Gasteiger partial charge in [0.1, 0.15) is 0 Å². The molecule has 0 aromatic heterocycles. The van der Waals surface area contributed by atoms with E-state index in [0.29, 0.717) is 19.2 Å². The van der Waals surface area contributed by atoms with E-state index in [9.17, 15) is 9.90 Å². The summed E-state index contributed by atoms with van der Waals surface area (Å²) in [5, 5.41) is 13.7. The highest BCUT2D eigenvalue weighted by Gasteiger charge is 2.30. The van der Waals surface area contributed by atoms with Crippen LogP contribution >= 0.6 is 0 Å². The highest BCUT2D eigenvalue weighted by Crippen LogP contribution is 2.26. The molecule has 2 N–H and O–H groups in total. The maximum Gasteiger partial charge on any atom is 0.308 e. The van der Waals surface area contributed by atoms with Gasteiger partial charge >= 0.3 is 5.97 Å². The molecule has 0 aromatic rings. The Balaban J connectivity index is 2.40. The molecule has 1 aliphatic carbocycles. The fraction of sp³-hybridized carbons (Fsp3) is 0.933. The van der Waals surface area contributed by atoms with Crippen molar-refractivity contribution in [3.05, 3.63) is 0 Å². The Hall–Kier alpha value is -0.610. The number of carbonyl (C=O) groups is 1. The molecule has 0 saturated heterocycles. The summed E-state index contributed by atoms with van der Waals surface area (Å²) in [7, 11) is 0. The highest BCUT2D eigenvalue weighted by atomic mass is 16.5. The third-order valence-corrected chi connectivity index (χ3v) is 4.33. The van der Waals surface area contributed by atoms with Crippen molar-refractivity contribution in [3.63, 3.8) is 0 Å². The summed E-state index contributed by atoms with van der Waals surface area (Å²) in [6.45, 7) is 6.93. The summed E-state index contributed by atoms with van der Waals surface area (Å²) in [6, 6.07) is 0.327. The average molecular weight is 271 g/mol. The maximum atomic E-state index is 11.8. The van der Waals surface area contributed by atoms with Gasteiger partial charge in [-0.2, -0.15) is 0 Å². The van der Waals surface area contributed by atoms with E-state index in [1.807, 2.05) is 20.8 Å². The van der Waals surface area contributed by atoms with E-state index in [1.165, 1.54) is 0 Å². The highest BCUT2D eigenvalue weighted by molar-refractivity contribution is 5.72. The Labute approximate surface area is 116 Å². The zero-order valence-electron chi connectivity index (χ0n) is 12.6. The number of rotatable bonds is 7. The molecule has 1 rings (SSSR count). The Morgan fingerprint density at radius 2 is 2.00 bits per heavy atom. The van der Waals surface area contributed by atoms with Crippen LogP contribution in [0.15, 0.2) is 0 Å². The molecular formula is C15H29NO3. The SMILES string of the molecule is CCOC(=O)C1CCCC(NCC(O)(CC)CC)C1. The molecule has 0 bridgehead atoms. The van der Waals surface area contributed by atoms with Crippen LogP contribution in [0, 0.1) is 5.92 Å². The van der Waals surface area contributed by atoms with E-state index in [-0.39, 0.29) is 11.9 Å². The van der Waals surface area contributed by atoms with E-state index >= 15 is 0 Å². The largest absolute Gasteiger partial charge is 0.466 e. The molecule has 4 nitrogen and oxygen atoms in total. The van der Waals surface area contributed by atoms with E-state index < -0.39 is 5.60 Å². The third-order valence-electron chi connectivity index (χ3n) is 4.33. The smallest absolute Gasteiger partial charge is 0.308 e. The molecular weight excluding hydrogens is 242 g/mol. The van der Waals surface area contributed by atoms with E-state index in [0.717, 1.165) is 38.5 Å². The summed E-state index contributed by atoms with van der Waals surface area (Å²) in [4.78, 5) is 11.8. The van der Waals surface area contributed by atoms with Crippen LogP contribution in [0.2, 0.25) is 0 Å². The van der Waals surface area contributed by atoms with E-state index in [2.05, 4.69) is 5.32 Å². The number of aliphatic hydroxyl groups is 1. The van der Waals surface area contributed by atoms with Crippen molar-refractivity contribution in [2.24, 2.45) is 5.92 Å². The van der Waals surface area contributed by atoms with Gasteiger partial charge in [0.05, 0.1) is 18.1 Å². The van der Waals surface area contributed by atoms with Gasteiger partial charge in [-0.3, -0.25) is 4.79 Å². The van der Waals surface area contributed by atoms with Crippen molar-refractivity contribution in [1.82, 2.24) is 5.32 Å². The van der Waals surface area contributed by atoms with Crippen LogP contribution in [0.1, 0.15) is 59.3 Å². The third kappa shape index (κ3) is 5.11. The summed E-state index contributed by atoms with van der Waals surface area (Å²) >= 11 is 0. The standard InChI is InChI=1S/C15H29NO3/c1-4-15(18,5-2)11-16-13-9-7-8-12(10-13)14(17)19-6-3/h12-13,16,18H,4-11H2,1-3H3. The first-order chi connectivity index (χ1) is 9.04. The quantitative estimate of drug-likeness (QED) is 0.697. The van der Waals surface area contributed by atoms with Gasteiger partial charge < -0.3 is 15.2 Å². The number of ether oxygens (including phenoxy) is 1. The lowest BCUT2D eigenvalue weighted by molar-refractivity contribution is -0.149. The predicted molar refractivity (Wildman–Crippen MR) is 75.9 cm³/mol. The van der Waals surface area contributed by atoms with Crippen molar-refractivity contribution in [1.29, 1.82) is 0 Å². The fourth-order valence-electron chi connectivity index (χ4n) is 2.68. The van der Waals surface area contributed by atoms with Gasteiger partial charge in [-0.05, 0) is 39.0 Å². The molecule has 4 heteroatoms. The monoisotopic (exact) mass is 271 g/mol. The van der Waals surface area contributed by atoms with Gasteiger partial charge in [-0.25, -0.2) is 0 Å². The zero-order valence-corrected chi connectivity index (χ0v) is 12.6. The minimum atomic E-state index is -0.614. The molecule has 1 saturated carbocycles. The van der Waals surface area contributed by atoms with E-state index in [1.54, 1.807) is 0 Å². The Kier molecular flexibility index (Phi) is 6.80. The normalized spacial score (nSPS) is 24.2. The molecule has 0 spiro atoms. The second-order valence-electron chi connectivity index (χ2n) is 5.62. The summed E-state index contributed by atoms with van der Waals surface area (Å²) in [5.74, 6) is -0.0298. The number of carbonyl (C=O) groups excluding carboxylic acids is 1. The molecule has 112 valence electrons. The lowest BCUT2D eigenvalue weighted by Gasteiger charge is -2.32. The Morgan fingerprint density at radius 3 is 2.58 bits per heavy atom. The van der Waals surface area contributed by atoms with Crippen LogP contribution in [-0.4, -0.2) is 35.9 Å². The number of nitrogens with one attached hydrogen (secondary N) is 1. The van der Waals surface area contributed by atoms with Crippen LogP contribution in [0.3, 0.4) is 0 Å². The molecule has 1 fully saturated rings. The van der Waals surface area contributed by atoms with Gasteiger partial charge in [0.25, 0.3) is 0 Å². The minimum absolute atomic E-state index is 0.0301. The number of hydrogen-bond acceptors (Lipinski definition) is 4. The fourth-order valence-corrected chi connectivity index (χ4v) is 2.68.